The van der Waals surface area contributed by atoms with Crippen molar-refractivity contribution < 1.29 is 4.79 Å². The molecule has 0 atom stereocenters. The molecule has 0 bridgehead atoms. The maximum Gasteiger partial charge on any atom is 0.230 e. The van der Waals surface area contributed by atoms with Gasteiger partial charge in [0.05, 0.1) is 11.5 Å². The van der Waals surface area contributed by atoms with Crippen molar-refractivity contribution in [2.24, 2.45) is 0 Å². The first-order valence-corrected chi connectivity index (χ1v) is 4.80. The largest absolute Gasteiger partial charge is 0.342 e. The fraction of sp³-hybridized carbons (Fsp3) is 0.333. The Balaban J connectivity index is 2.84. The van der Waals surface area contributed by atoms with Crippen LogP contribution in [-0.2, 0) is 10.2 Å². The molecule has 0 spiro atoms. The smallest absolute Gasteiger partial charge is 0.230 e. The lowest BCUT2D eigenvalue weighted by Gasteiger charge is -2.23. The number of carbonyl (C=O) groups is 1. The van der Waals surface area contributed by atoms with Gasteiger partial charge in [-0.3, -0.25) is 4.79 Å². The second-order valence-electron chi connectivity index (χ2n) is 3.83. The van der Waals surface area contributed by atoms with E-state index in [4.69, 9.17) is 5.26 Å². The van der Waals surface area contributed by atoms with Crippen LogP contribution in [0.2, 0.25) is 0 Å². The van der Waals surface area contributed by atoms with Crippen LogP contribution in [0.25, 0.3) is 0 Å². The lowest BCUT2D eigenvalue weighted by Crippen LogP contribution is -2.40. The van der Waals surface area contributed by atoms with Crippen LogP contribution in [0.15, 0.2) is 30.3 Å². The highest BCUT2D eigenvalue weighted by molar-refractivity contribution is 5.87. The summed E-state index contributed by atoms with van der Waals surface area (Å²) in [5.41, 5.74) is 0.346. The van der Waals surface area contributed by atoms with E-state index in [1.165, 1.54) is 0 Å². The van der Waals surface area contributed by atoms with Crippen molar-refractivity contribution >= 4 is 5.91 Å². The van der Waals surface area contributed by atoms with Gasteiger partial charge in [0.1, 0.15) is 6.54 Å². The van der Waals surface area contributed by atoms with E-state index in [2.05, 4.69) is 5.32 Å². The molecule has 0 saturated heterocycles. The number of carbonyl (C=O) groups excluding carboxylic acids is 1. The van der Waals surface area contributed by atoms with Gasteiger partial charge in [0.15, 0.2) is 0 Å². The Morgan fingerprint density at radius 3 is 2.53 bits per heavy atom. The topological polar surface area (TPSA) is 52.9 Å². The second-order valence-corrected chi connectivity index (χ2v) is 3.83. The molecular formula is C12H14N2O. The average Bonchev–Trinajstić information content (AvgIpc) is 2.27. The second kappa shape index (κ2) is 4.61. The van der Waals surface area contributed by atoms with Gasteiger partial charge < -0.3 is 5.32 Å². The molecule has 3 nitrogen and oxygen atoms in total. The monoisotopic (exact) mass is 202 g/mol. The minimum Gasteiger partial charge on any atom is -0.342 e. The van der Waals surface area contributed by atoms with Gasteiger partial charge in [-0.2, -0.15) is 5.26 Å². The van der Waals surface area contributed by atoms with Crippen molar-refractivity contribution in [1.29, 1.82) is 5.26 Å². The van der Waals surface area contributed by atoms with Crippen LogP contribution in [0.4, 0.5) is 0 Å². The first-order valence-electron chi connectivity index (χ1n) is 4.80. The maximum absolute atomic E-state index is 11.8. The Kier molecular flexibility index (Phi) is 3.46. The van der Waals surface area contributed by atoms with Crippen LogP contribution >= 0.6 is 0 Å². The summed E-state index contributed by atoms with van der Waals surface area (Å²) >= 11 is 0. The lowest BCUT2D eigenvalue weighted by molar-refractivity contribution is -0.125. The minimum absolute atomic E-state index is 0.0507. The van der Waals surface area contributed by atoms with Crippen molar-refractivity contribution in [1.82, 2.24) is 5.32 Å². The predicted molar refractivity (Wildman–Crippen MR) is 58.1 cm³/mol. The summed E-state index contributed by atoms with van der Waals surface area (Å²) in [6.45, 7) is 3.74. The fourth-order valence-electron chi connectivity index (χ4n) is 1.33. The number of nitrogens with zero attached hydrogens (tertiary/aromatic N) is 1. The van der Waals surface area contributed by atoms with Gasteiger partial charge in [-0.1, -0.05) is 30.3 Å². The van der Waals surface area contributed by atoms with E-state index in [1.54, 1.807) is 0 Å². The predicted octanol–water partition coefficient (Wildman–Crippen LogP) is 1.60. The Bertz CT molecular complexity index is 376. The number of hydrogen-bond acceptors (Lipinski definition) is 2. The van der Waals surface area contributed by atoms with Gasteiger partial charge in [-0.25, -0.2) is 0 Å². The van der Waals surface area contributed by atoms with Gasteiger partial charge in [0.2, 0.25) is 5.91 Å². The Labute approximate surface area is 89.7 Å². The molecular weight excluding hydrogens is 188 g/mol. The molecule has 1 aromatic rings. The molecule has 15 heavy (non-hydrogen) atoms. The van der Waals surface area contributed by atoms with E-state index < -0.39 is 5.41 Å². The lowest BCUT2D eigenvalue weighted by atomic mass is 9.84. The zero-order valence-electron chi connectivity index (χ0n) is 8.95. The summed E-state index contributed by atoms with van der Waals surface area (Å²) < 4.78 is 0. The van der Waals surface area contributed by atoms with Crippen LogP contribution in [0.5, 0.6) is 0 Å². The Morgan fingerprint density at radius 2 is 2.00 bits per heavy atom. The molecule has 1 aromatic carbocycles. The van der Waals surface area contributed by atoms with E-state index in [-0.39, 0.29) is 12.5 Å². The third kappa shape index (κ3) is 2.57. The molecule has 0 aliphatic heterocycles. The zero-order chi connectivity index (χ0) is 11.3. The first kappa shape index (κ1) is 11.3. The SMILES string of the molecule is CC(C)(C(=O)NCC#N)c1ccccc1. The van der Waals surface area contributed by atoms with Crippen molar-refractivity contribution in [3.63, 3.8) is 0 Å². The van der Waals surface area contributed by atoms with Crippen LogP contribution in [0.1, 0.15) is 19.4 Å². The van der Waals surface area contributed by atoms with Crippen LogP contribution < -0.4 is 5.32 Å². The number of rotatable bonds is 3. The maximum atomic E-state index is 11.8. The number of nitrogens with one attached hydrogen (secondary N) is 1. The molecule has 1 rings (SSSR count). The number of hydrogen-bond donors (Lipinski definition) is 1. The van der Waals surface area contributed by atoms with Crippen molar-refractivity contribution in [3.8, 4) is 6.07 Å². The van der Waals surface area contributed by atoms with Crippen molar-refractivity contribution in [2.45, 2.75) is 19.3 Å². The Hall–Kier alpha value is -1.82. The standard InChI is InChI=1S/C12H14N2O/c1-12(2,11(15)14-9-8-13)10-6-4-3-5-7-10/h3-7H,9H2,1-2H3,(H,14,15). The highest BCUT2D eigenvalue weighted by Gasteiger charge is 2.28. The van der Waals surface area contributed by atoms with Crippen molar-refractivity contribution in [2.75, 3.05) is 6.54 Å². The third-order valence-corrected chi connectivity index (χ3v) is 2.39. The molecule has 1 amide bonds. The normalized spacial score (nSPS) is 10.5. The van der Waals surface area contributed by atoms with Crippen LogP contribution in [-0.4, -0.2) is 12.5 Å². The van der Waals surface area contributed by atoms with Crippen molar-refractivity contribution in [3.05, 3.63) is 35.9 Å². The van der Waals surface area contributed by atoms with E-state index in [1.807, 2.05) is 50.2 Å². The van der Waals surface area contributed by atoms with Gasteiger partial charge >= 0.3 is 0 Å². The summed E-state index contributed by atoms with van der Waals surface area (Å²) in [4.78, 5) is 11.8. The molecule has 0 fully saturated rings. The first-order chi connectivity index (χ1) is 7.09. The molecule has 0 aliphatic rings. The van der Waals surface area contributed by atoms with Gasteiger partial charge in [-0.15, -0.1) is 0 Å². The summed E-state index contributed by atoms with van der Waals surface area (Å²) in [6.07, 6.45) is 0. The zero-order valence-corrected chi connectivity index (χ0v) is 8.95. The average molecular weight is 202 g/mol. The summed E-state index contributed by atoms with van der Waals surface area (Å²) in [7, 11) is 0. The summed E-state index contributed by atoms with van der Waals surface area (Å²) in [5.74, 6) is -0.129. The Morgan fingerprint density at radius 1 is 1.40 bits per heavy atom. The minimum atomic E-state index is -0.599. The van der Waals surface area contributed by atoms with E-state index in [0.29, 0.717) is 0 Å². The summed E-state index contributed by atoms with van der Waals surface area (Å²) in [5, 5.41) is 11.0. The fourth-order valence-corrected chi connectivity index (χ4v) is 1.33. The number of amides is 1. The summed E-state index contributed by atoms with van der Waals surface area (Å²) in [6, 6.07) is 11.4. The quantitative estimate of drug-likeness (QED) is 0.757. The van der Waals surface area contributed by atoms with Crippen LogP contribution in [0, 0.1) is 11.3 Å². The molecule has 3 heteroatoms. The molecule has 0 unspecified atom stereocenters. The van der Waals surface area contributed by atoms with E-state index in [0.717, 1.165) is 5.56 Å². The van der Waals surface area contributed by atoms with Gasteiger partial charge in [-0.05, 0) is 19.4 Å². The molecule has 0 aliphatic carbocycles. The molecule has 0 saturated carbocycles. The van der Waals surface area contributed by atoms with E-state index in [9.17, 15) is 4.79 Å². The number of benzene rings is 1. The molecule has 0 radical (unpaired) electrons. The third-order valence-electron chi connectivity index (χ3n) is 2.39. The van der Waals surface area contributed by atoms with Gasteiger partial charge in [0, 0.05) is 0 Å². The molecule has 0 aromatic heterocycles. The van der Waals surface area contributed by atoms with Gasteiger partial charge in [0.25, 0.3) is 0 Å². The highest BCUT2D eigenvalue weighted by atomic mass is 16.2. The highest BCUT2D eigenvalue weighted by Crippen LogP contribution is 2.22. The molecule has 1 N–H and O–H groups in total. The van der Waals surface area contributed by atoms with Crippen LogP contribution in [0.3, 0.4) is 0 Å². The molecule has 0 heterocycles. The van der Waals surface area contributed by atoms with E-state index >= 15 is 0 Å². The number of nitriles is 1. The molecule has 78 valence electrons.